The van der Waals surface area contributed by atoms with Crippen LogP contribution in [0.4, 0.5) is 0 Å². The number of carbonyl (C=O) groups excluding carboxylic acids is 1. The summed E-state index contributed by atoms with van der Waals surface area (Å²) in [4.78, 5) is 11.3. The number of cyclic esters (lactones) is 1. The van der Waals surface area contributed by atoms with Crippen molar-refractivity contribution in [3.63, 3.8) is 0 Å². The molecule has 0 spiro atoms. The summed E-state index contributed by atoms with van der Waals surface area (Å²) in [5.41, 5.74) is 1.84. The smallest absolute Gasteiger partial charge is 0.338 e. The highest BCUT2D eigenvalue weighted by Crippen LogP contribution is 2.15. The average Bonchev–Trinajstić information content (AvgIpc) is 2.29. The summed E-state index contributed by atoms with van der Waals surface area (Å²) >= 11 is 0. The predicted octanol–water partition coefficient (Wildman–Crippen LogP) is 1.79. The molecule has 0 fully saturated rings. The van der Waals surface area contributed by atoms with E-state index in [1.54, 1.807) is 0 Å². The number of fused-ring (bicyclic) bond motifs is 1. The maximum absolute atomic E-state index is 11.3. The van der Waals surface area contributed by atoms with Crippen molar-refractivity contribution in [2.24, 2.45) is 0 Å². The van der Waals surface area contributed by atoms with Crippen LogP contribution < -0.4 is 0 Å². The minimum absolute atomic E-state index is 0.178. The number of aryl methyl sites for hydroxylation is 1. The van der Waals surface area contributed by atoms with Gasteiger partial charge in [-0.3, -0.25) is 0 Å². The summed E-state index contributed by atoms with van der Waals surface area (Å²) in [6.07, 6.45) is 1.88. The zero-order chi connectivity index (χ0) is 8.39. The van der Waals surface area contributed by atoms with Crippen LogP contribution in [0.2, 0.25) is 0 Å². The quantitative estimate of drug-likeness (QED) is 0.543. The molecular formula is C10H10O2. The molecule has 12 heavy (non-hydrogen) atoms. The van der Waals surface area contributed by atoms with Gasteiger partial charge in [-0.15, -0.1) is 0 Å². The first-order valence-electron chi connectivity index (χ1n) is 4.13. The number of ether oxygens (including phenoxy) is 1. The van der Waals surface area contributed by atoms with Gasteiger partial charge in [0, 0.05) is 0 Å². The summed E-state index contributed by atoms with van der Waals surface area (Å²) in [6, 6.07) is 7.63. The third kappa shape index (κ3) is 1.20. The zero-order valence-electron chi connectivity index (χ0n) is 6.75. The molecular weight excluding hydrogens is 152 g/mol. The standard InChI is InChI=1S/C10H10O2/c11-10-9-6-2-1-4-8(9)5-3-7-12-10/h1-2,4,6H,3,5,7H2. The van der Waals surface area contributed by atoms with Gasteiger partial charge in [-0.05, 0) is 24.5 Å². The Balaban J connectivity index is 2.46. The molecule has 2 rings (SSSR count). The Morgan fingerprint density at radius 2 is 2.08 bits per heavy atom. The van der Waals surface area contributed by atoms with Crippen molar-refractivity contribution in [1.29, 1.82) is 0 Å². The van der Waals surface area contributed by atoms with Gasteiger partial charge in [0.2, 0.25) is 0 Å². The molecule has 1 aliphatic heterocycles. The van der Waals surface area contributed by atoms with E-state index in [0.717, 1.165) is 24.0 Å². The summed E-state index contributed by atoms with van der Waals surface area (Å²) in [5, 5.41) is 0. The molecule has 0 radical (unpaired) electrons. The van der Waals surface area contributed by atoms with Crippen molar-refractivity contribution in [3.05, 3.63) is 35.4 Å². The molecule has 0 unspecified atom stereocenters. The highest BCUT2D eigenvalue weighted by Gasteiger charge is 2.14. The molecule has 0 saturated heterocycles. The molecule has 2 nitrogen and oxygen atoms in total. The SMILES string of the molecule is O=C1OCCCc2ccccc21. The van der Waals surface area contributed by atoms with Gasteiger partial charge in [0.1, 0.15) is 0 Å². The second-order valence-corrected chi connectivity index (χ2v) is 2.90. The van der Waals surface area contributed by atoms with Gasteiger partial charge in [0.25, 0.3) is 0 Å². The normalized spacial score (nSPS) is 16.2. The first-order valence-corrected chi connectivity index (χ1v) is 4.13. The lowest BCUT2D eigenvalue weighted by atomic mass is 10.0. The zero-order valence-corrected chi connectivity index (χ0v) is 6.75. The van der Waals surface area contributed by atoms with E-state index < -0.39 is 0 Å². The molecule has 2 heteroatoms. The average molecular weight is 162 g/mol. The number of hydrogen-bond donors (Lipinski definition) is 0. The van der Waals surface area contributed by atoms with Crippen LogP contribution in [0.15, 0.2) is 24.3 Å². The fourth-order valence-electron chi connectivity index (χ4n) is 1.44. The van der Waals surface area contributed by atoms with Crippen molar-refractivity contribution in [2.75, 3.05) is 6.61 Å². The van der Waals surface area contributed by atoms with Crippen molar-refractivity contribution in [3.8, 4) is 0 Å². The van der Waals surface area contributed by atoms with E-state index in [9.17, 15) is 4.79 Å². The topological polar surface area (TPSA) is 26.3 Å². The van der Waals surface area contributed by atoms with Gasteiger partial charge in [0.05, 0.1) is 12.2 Å². The van der Waals surface area contributed by atoms with Gasteiger partial charge in [-0.1, -0.05) is 18.2 Å². The van der Waals surface area contributed by atoms with Crippen LogP contribution in [-0.4, -0.2) is 12.6 Å². The maximum Gasteiger partial charge on any atom is 0.338 e. The van der Waals surface area contributed by atoms with Crippen LogP contribution >= 0.6 is 0 Å². The van der Waals surface area contributed by atoms with E-state index in [1.807, 2.05) is 24.3 Å². The van der Waals surface area contributed by atoms with Crippen molar-refractivity contribution < 1.29 is 9.53 Å². The molecule has 62 valence electrons. The Bertz CT molecular complexity index is 304. The summed E-state index contributed by atoms with van der Waals surface area (Å²) in [6.45, 7) is 0.549. The first-order chi connectivity index (χ1) is 5.88. The summed E-state index contributed by atoms with van der Waals surface area (Å²) < 4.78 is 4.99. The molecule has 0 atom stereocenters. The van der Waals surface area contributed by atoms with Crippen LogP contribution in [0, 0.1) is 0 Å². The van der Waals surface area contributed by atoms with Gasteiger partial charge in [-0.2, -0.15) is 0 Å². The van der Waals surface area contributed by atoms with Crippen LogP contribution in [0.1, 0.15) is 22.3 Å². The summed E-state index contributed by atoms with van der Waals surface area (Å²) in [7, 11) is 0. The second kappa shape index (κ2) is 2.97. The number of hydrogen-bond acceptors (Lipinski definition) is 2. The molecule has 1 heterocycles. The largest absolute Gasteiger partial charge is 0.462 e. The maximum atomic E-state index is 11.3. The van der Waals surface area contributed by atoms with Crippen molar-refractivity contribution in [1.82, 2.24) is 0 Å². The Hall–Kier alpha value is -1.31. The molecule has 0 aliphatic carbocycles. The predicted molar refractivity (Wildman–Crippen MR) is 45.0 cm³/mol. The number of esters is 1. The number of carbonyl (C=O) groups is 1. The lowest BCUT2D eigenvalue weighted by Gasteiger charge is -2.00. The monoisotopic (exact) mass is 162 g/mol. The molecule has 1 aromatic carbocycles. The molecule has 0 N–H and O–H groups in total. The Morgan fingerprint density at radius 1 is 1.25 bits per heavy atom. The minimum Gasteiger partial charge on any atom is -0.462 e. The molecule has 0 amide bonds. The van der Waals surface area contributed by atoms with Crippen molar-refractivity contribution >= 4 is 5.97 Å². The fourth-order valence-corrected chi connectivity index (χ4v) is 1.44. The van der Waals surface area contributed by atoms with Gasteiger partial charge in [-0.25, -0.2) is 4.79 Å². The van der Waals surface area contributed by atoms with E-state index in [4.69, 9.17) is 4.74 Å². The summed E-state index contributed by atoms with van der Waals surface area (Å²) in [5.74, 6) is -0.178. The number of rotatable bonds is 0. The molecule has 0 aromatic heterocycles. The molecule has 0 saturated carbocycles. The molecule has 0 bridgehead atoms. The van der Waals surface area contributed by atoms with E-state index >= 15 is 0 Å². The van der Waals surface area contributed by atoms with Crippen molar-refractivity contribution in [2.45, 2.75) is 12.8 Å². The van der Waals surface area contributed by atoms with Gasteiger partial charge < -0.3 is 4.74 Å². The van der Waals surface area contributed by atoms with E-state index in [-0.39, 0.29) is 5.97 Å². The number of benzene rings is 1. The van der Waals surface area contributed by atoms with Crippen LogP contribution in [0.3, 0.4) is 0 Å². The first kappa shape index (κ1) is 7.35. The Labute approximate surface area is 71.2 Å². The van der Waals surface area contributed by atoms with E-state index in [0.29, 0.717) is 6.61 Å². The fraction of sp³-hybridized carbons (Fsp3) is 0.300. The third-order valence-electron chi connectivity index (χ3n) is 2.06. The van der Waals surface area contributed by atoms with Crippen LogP contribution in [0.25, 0.3) is 0 Å². The van der Waals surface area contributed by atoms with Gasteiger partial charge >= 0.3 is 5.97 Å². The Kier molecular flexibility index (Phi) is 1.82. The highest BCUT2D eigenvalue weighted by atomic mass is 16.5. The molecule has 1 aliphatic rings. The van der Waals surface area contributed by atoms with Crippen LogP contribution in [-0.2, 0) is 11.2 Å². The second-order valence-electron chi connectivity index (χ2n) is 2.90. The van der Waals surface area contributed by atoms with E-state index in [2.05, 4.69) is 0 Å². The lowest BCUT2D eigenvalue weighted by Crippen LogP contribution is -2.03. The Morgan fingerprint density at radius 3 is 3.00 bits per heavy atom. The van der Waals surface area contributed by atoms with Gasteiger partial charge in [0.15, 0.2) is 0 Å². The highest BCUT2D eigenvalue weighted by molar-refractivity contribution is 5.91. The van der Waals surface area contributed by atoms with Crippen LogP contribution in [0.5, 0.6) is 0 Å². The lowest BCUT2D eigenvalue weighted by molar-refractivity contribution is 0.0513. The third-order valence-corrected chi connectivity index (χ3v) is 2.06. The van der Waals surface area contributed by atoms with E-state index in [1.165, 1.54) is 0 Å². The molecule has 1 aromatic rings. The minimum atomic E-state index is -0.178.